The van der Waals surface area contributed by atoms with Crippen LogP contribution in [0.5, 0.6) is 0 Å². The molecule has 3 heterocycles. The Morgan fingerprint density at radius 3 is 2.32 bits per heavy atom. The lowest BCUT2D eigenvalue weighted by molar-refractivity contribution is 0.0694. The van der Waals surface area contributed by atoms with Crippen molar-refractivity contribution in [2.24, 2.45) is 0 Å². The summed E-state index contributed by atoms with van der Waals surface area (Å²) >= 11 is 4.08. The first-order valence-electron chi connectivity index (χ1n) is 14.1. The van der Waals surface area contributed by atoms with Gasteiger partial charge in [-0.05, 0) is 43.2 Å². The number of nitrogens with zero attached hydrogens (tertiary/aromatic N) is 5. The number of ether oxygens (including phenoxy) is 1. The molecule has 3 aliphatic rings. The Bertz CT molecular complexity index is 1720. The summed E-state index contributed by atoms with van der Waals surface area (Å²) in [7, 11) is 1.46. The van der Waals surface area contributed by atoms with Crippen LogP contribution in [0.25, 0.3) is 10.9 Å². The number of cyclic esters (lactones) is 1. The molecule has 0 radical (unpaired) electrons. The lowest BCUT2D eigenvalue weighted by Crippen LogP contribution is -2.47. The molecule has 2 aliphatic heterocycles. The van der Waals surface area contributed by atoms with Crippen molar-refractivity contribution in [3.8, 4) is 0 Å². The fraction of sp³-hybridized carbons (Fsp3) is 0.379. The molecular formula is C29H30F2N6O6S. The molecule has 44 heavy (non-hydrogen) atoms. The molecule has 2 saturated heterocycles. The number of fused-ring (bicyclic) bond motifs is 1. The van der Waals surface area contributed by atoms with Gasteiger partial charge in [-0.1, -0.05) is 12.8 Å². The predicted molar refractivity (Wildman–Crippen MR) is 162 cm³/mol. The van der Waals surface area contributed by atoms with Gasteiger partial charge in [0.2, 0.25) is 5.43 Å². The molecule has 3 fully saturated rings. The number of carbonyl (C=O) groups is 3. The Balaban J connectivity index is 1.16. The van der Waals surface area contributed by atoms with Gasteiger partial charge < -0.3 is 29.5 Å². The normalized spacial score (nSPS) is 18.5. The van der Waals surface area contributed by atoms with Crippen molar-refractivity contribution >= 4 is 58.9 Å². The molecule has 0 bridgehead atoms. The van der Waals surface area contributed by atoms with Gasteiger partial charge in [0.05, 0.1) is 35.7 Å². The van der Waals surface area contributed by atoms with E-state index in [1.807, 2.05) is 9.80 Å². The number of hydrogen-bond acceptors (Lipinski definition) is 8. The van der Waals surface area contributed by atoms with E-state index in [0.29, 0.717) is 48.8 Å². The number of rotatable bonds is 7. The van der Waals surface area contributed by atoms with Gasteiger partial charge in [0, 0.05) is 50.9 Å². The van der Waals surface area contributed by atoms with Crippen molar-refractivity contribution in [3.63, 3.8) is 0 Å². The number of nitrogens with one attached hydrogen (secondary N) is 1. The van der Waals surface area contributed by atoms with E-state index in [-0.39, 0.29) is 30.1 Å². The summed E-state index contributed by atoms with van der Waals surface area (Å²) in [5.41, 5.74) is 0.328. The number of urea groups is 1. The molecular weight excluding hydrogens is 598 g/mol. The number of pyridine rings is 1. The van der Waals surface area contributed by atoms with E-state index in [1.54, 1.807) is 22.8 Å². The number of aromatic nitrogens is 1. The summed E-state index contributed by atoms with van der Waals surface area (Å²) in [5, 5.41) is 11.9. The van der Waals surface area contributed by atoms with Gasteiger partial charge in [0.15, 0.2) is 0 Å². The Hall–Kier alpha value is -4.53. The van der Waals surface area contributed by atoms with Gasteiger partial charge in [-0.3, -0.25) is 14.0 Å². The minimum Gasteiger partial charge on any atom is -0.477 e. The molecule has 1 aliphatic carbocycles. The smallest absolute Gasteiger partial charge is 0.414 e. The summed E-state index contributed by atoms with van der Waals surface area (Å²) in [4.78, 5) is 53.5. The van der Waals surface area contributed by atoms with E-state index in [0.717, 1.165) is 23.2 Å². The monoisotopic (exact) mass is 628 g/mol. The number of carbonyl (C=O) groups excluding carboxylic acids is 2. The number of thiol groups is 1. The van der Waals surface area contributed by atoms with Crippen LogP contribution in [0.15, 0.2) is 41.3 Å². The Labute approximate surface area is 255 Å². The first-order chi connectivity index (χ1) is 21.0. The number of benzene rings is 2. The van der Waals surface area contributed by atoms with E-state index >= 15 is 8.78 Å². The van der Waals surface area contributed by atoms with Crippen LogP contribution in [0.3, 0.4) is 0 Å². The van der Waals surface area contributed by atoms with Crippen molar-refractivity contribution in [2.75, 3.05) is 61.0 Å². The van der Waals surface area contributed by atoms with Crippen molar-refractivity contribution in [3.05, 3.63) is 63.9 Å². The van der Waals surface area contributed by atoms with Crippen LogP contribution < -0.4 is 25.4 Å². The summed E-state index contributed by atoms with van der Waals surface area (Å²) in [6.45, 7) is 1.67. The molecule has 232 valence electrons. The van der Waals surface area contributed by atoms with Gasteiger partial charge >= 0.3 is 18.1 Å². The Morgan fingerprint density at radius 2 is 1.70 bits per heavy atom. The average Bonchev–Trinajstić information content (AvgIpc) is 3.78. The van der Waals surface area contributed by atoms with Gasteiger partial charge in [-0.2, -0.15) is 0 Å². The maximum atomic E-state index is 15.3. The quantitative estimate of drug-likeness (QED) is 0.340. The third-order valence-electron chi connectivity index (χ3n) is 8.17. The van der Waals surface area contributed by atoms with Crippen LogP contribution in [0.1, 0.15) is 29.2 Å². The number of halogens is 2. The molecule has 15 heteroatoms. The highest BCUT2D eigenvalue weighted by Crippen LogP contribution is 2.38. The summed E-state index contributed by atoms with van der Waals surface area (Å²) in [6, 6.07) is 6.79. The summed E-state index contributed by atoms with van der Waals surface area (Å²) < 4.78 is 38.9. The van der Waals surface area contributed by atoms with Crippen molar-refractivity contribution in [2.45, 2.75) is 25.0 Å². The van der Waals surface area contributed by atoms with Crippen LogP contribution in [0.2, 0.25) is 0 Å². The first kappa shape index (κ1) is 29.5. The van der Waals surface area contributed by atoms with E-state index in [4.69, 9.17) is 4.74 Å². The second-order valence-electron chi connectivity index (χ2n) is 11.0. The maximum Gasteiger partial charge on any atom is 0.414 e. The van der Waals surface area contributed by atoms with Crippen LogP contribution in [-0.4, -0.2) is 84.5 Å². The average molecular weight is 629 g/mol. The number of carboxylic acid groups (broad SMARTS) is 1. The molecule has 2 N–H and O–H groups in total. The Kier molecular flexibility index (Phi) is 7.73. The van der Waals surface area contributed by atoms with Gasteiger partial charge in [0.25, 0.3) is 0 Å². The van der Waals surface area contributed by atoms with Crippen LogP contribution in [0.4, 0.5) is 35.4 Å². The molecule has 1 saturated carbocycles. The van der Waals surface area contributed by atoms with Gasteiger partial charge in [-0.15, -0.1) is 0 Å². The SMILES string of the molecule is CNC(=O)N(S)C[C@@H]1CN(c2ccc(N3CCN(c4cc5c(cc4F)c(=O)c(C(=O)O)cn5C4CC4)CC3)c(F)c2)C(=O)O1. The zero-order chi connectivity index (χ0) is 31.3. The lowest BCUT2D eigenvalue weighted by Gasteiger charge is -2.37. The highest BCUT2D eigenvalue weighted by Gasteiger charge is 2.35. The second-order valence-corrected chi connectivity index (χ2v) is 11.5. The fourth-order valence-corrected chi connectivity index (χ4v) is 6.03. The molecule has 0 spiro atoms. The summed E-state index contributed by atoms with van der Waals surface area (Å²) in [5.74, 6) is -2.51. The molecule has 3 aromatic rings. The number of piperazine rings is 1. The lowest BCUT2D eigenvalue weighted by atomic mass is 10.1. The Morgan fingerprint density at radius 1 is 1.05 bits per heavy atom. The zero-order valence-corrected chi connectivity index (χ0v) is 24.6. The highest BCUT2D eigenvalue weighted by atomic mass is 32.1. The van der Waals surface area contributed by atoms with Gasteiger partial charge in [-0.25, -0.2) is 23.2 Å². The van der Waals surface area contributed by atoms with E-state index < -0.39 is 41.3 Å². The minimum absolute atomic E-state index is 0.0291. The topological polar surface area (TPSA) is 128 Å². The van der Waals surface area contributed by atoms with E-state index in [2.05, 4.69) is 18.1 Å². The van der Waals surface area contributed by atoms with Crippen LogP contribution in [0, 0.1) is 11.6 Å². The molecule has 1 aromatic heterocycles. The molecule has 3 amide bonds. The zero-order valence-electron chi connectivity index (χ0n) is 23.7. The maximum absolute atomic E-state index is 15.3. The molecule has 1 atom stereocenters. The molecule has 12 nitrogen and oxygen atoms in total. The fourth-order valence-electron chi connectivity index (χ4n) is 5.75. The van der Waals surface area contributed by atoms with Crippen molar-refractivity contribution in [1.82, 2.24) is 14.2 Å². The third kappa shape index (κ3) is 5.47. The predicted octanol–water partition coefficient (Wildman–Crippen LogP) is 3.45. The standard InChI is InChI=1S/C29H30F2N6O6S/c1-32-28(41)37(44)14-18-13-36(29(42)43-18)17-4-5-23(21(30)10-17)33-6-8-34(9-7-33)25-12-24-19(11-22(25)31)26(38)20(27(39)40)15-35(24)16-2-3-16/h4-5,10-12,15-16,18,44H,2-3,6-9,13-14H2,1H3,(H,32,41)(H,39,40)/t18-/m0/s1. The number of hydrogen-bond donors (Lipinski definition) is 3. The van der Waals surface area contributed by atoms with Crippen molar-refractivity contribution < 1.29 is 33.0 Å². The van der Waals surface area contributed by atoms with Crippen LogP contribution in [-0.2, 0) is 4.74 Å². The number of aromatic carboxylic acids is 1. The minimum atomic E-state index is -1.35. The number of amides is 3. The summed E-state index contributed by atoms with van der Waals surface area (Å²) in [6.07, 6.45) is 1.75. The molecule has 2 aromatic carbocycles. The van der Waals surface area contributed by atoms with E-state index in [1.165, 1.54) is 24.2 Å². The van der Waals surface area contributed by atoms with Crippen molar-refractivity contribution in [1.29, 1.82) is 0 Å². The van der Waals surface area contributed by atoms with Gasteiger partial charge in [0.1, 0.15) is 23.3 Å². The van der Waals surface area contributed by atoms with E-state index in [9.17, 15) is 24.3 Å². The van der Waals surface area contributed by atoms with Crippen LogP contribution >= 0.6 is 12.8 Å². The second kappa shape index (κ2) is 11.5. The third-order valence-corrected chi connectivity index (χ3v) is 8.52. The number of anilines is 3. The number of carboxylic acids is 1. The first-order valence-corrected chi connectivity index (χ1v) is 14.5. The largest absolute Gasteiger partial charge is 0.477 e. The molecule has 6 rings (SSSR count). The highest BCUT2D eigenvalue weighted by molar-refractivity contribution is 7.78. The molecule has 0 unspecified atom stereocenters.